The molecule has 0 bridgehead atoms. The van der Waals surface area contributed by atoms with Gasteiger partial charge in [0.2, 0.25) is 5.91 Å². The summed E-state index contributed by atoms with van der Waals surface area (Å²) in [5.41, 5.74) is 2.41. The van der Waals surface area contributed by atoms with Crippen molar-refractivity contribution in [3.63, 3.8) is 0 Å². The van der Waals surface area contributed by atoms with Crippen LogP contribution in [0.25, 0.3) is 0 Å². The van der Waals surface area contributed by atoms with E-state index in [2.05, 4.69) is 10.5 Å². The van der Waals surface area contributed by atoms with Gasteiger partial charge >= 0.3 is 0 Å². The normalized spacial score (nSPS) is 10.8. The predicted octanol–water partition coefficient (Wildman–Crippen LogP) is 1.15. The number of carbonyl (C=O) groups is 1. The zero-order valence-electron chi connectivity index (χ0n) is 6.72. The van der Waals surface area contributed by atoms with Crippen molar-refractivity contribution >= 4 is 12.1 Å². The van der Waals surface area contributed by atoms with Crippen molar-refractivity contribution < 1.29 is 4.79 Å². The van der Waals surface area contributed by atoms with Gasteiger partial charge in [0.25, 0.3) is 0 Å². The fourth-order valence-electron chi connectivity index (χ4n) is 0.330. The number of nitrogens with zero attached hydrogens (tertiary/aromatic N) is 1. The third kappa shape index (κ3) is 4.06. The Morgan fingerprint density at radius 1 is 1.70 bits per heavy atom. The van der Waals surface area contributed by atoms with Crippen molar-refractivity contribution in [2.24, 2.45) is 11.0 Å². The smallest absolute Gasteiger partial charge is 0.242 e. The van der Waals surface area contributed by atoms with Crippen molar-refractivity contribution in [1.29, 1.82) is 0 Å². The molecule has 0 rings (SSSR count). The minimum absolute atomic E-state index is 0.00834. The molecule has 0 aromatic rings. The Morgan fingerprint density at radius 2 is 2.30 bits per heavy atom. The van der Waals surface area contributed by atoms with Gasteiger partial charge in [0.05, 0.1) is 0 Å². The van der Waals surface area contributed by atoms with Gasteiger partial charge in [0.1, 0.15) is 0 Å². The highest BCUT2D eigenvalue weighted by molar-refractivity contribution is 5.78. The summed E-state index contributed by atoms with van der Waals surface area (Å²) in [7, 11) is 0. The summed E-state index contributed by atoms with van der Waals surface area (Å²) in [6.45, 7) is 5.62. The number of nitrogens with one attached hydrogen (secondary N) is 1. The zero-order valence-corrected chi connectivity index (χ0v) is 6.72. The first kappa shape index (κ1) is 9.14. The number of hydrogen-bond donors (Lipinski definition) is 1. The molecule has 0 aliphatic carbocycles. The second-order valence-electron chi connectivity index (χ2n) is 2.35. The van der Waals surface area contributed by atoms with Crippen LogP contribution in [-0.2, 0) is 4.79 Å². The highest BCUT2D eigenvalue weighted by atomic mass is 16.2. The molecule has 0 fully saturated rings. The predicted molar refractivity (Wildman–Crippen MR) is 41.8 cm³/mol. The number of rotatable bonds is 3. The Kier molecular flexibility index (Phi) is 4.54. The SMILES string of the molecule is CCC=NNC(=O)C(C)C. The van der Waals surface area contributed by atoms with Gasteiger partial charge in [-0.05, 0) is 6.42 Å². The van der Waals surface area contributed by atoms with Crippen LogP contribution in [0.4, 0.5) is 0 Å². The molecule has 3 nitrogen and oxygen atoms in total. The minimum Gasteiger partial charge on any atom is -0.273 e. The van der Waals surface area contributed by atoms with Crippen molar-refractivity contribution in [3.8, 4) is 0 Å². The third-order valence-corrected chi connectivity index (χ3v) is 0.973. The molecule has 0 unspecified atom stereocenters. The maximum absolute atomic E-state index is 10.8. The Labute approximate surface area is 61.5 Å². The van der Waals surface area contributed by atoms with E-state index in [0.717, 1.165) is 6.42 Å². The summed E-state index contributed by atoms with van der Waals surface area (Å²) in [5.74, 6) is -0.0290. The molecule has 0 atom stereocenters. The van der Waals surface area contributed by atoms with E-state index in [4.69, 9.17) is 0 Å². The van der Waals surface area contributed by atoms with Crippen LogP contribution < -0.4 is 5.43 Å². The first-order chi connectivity index (χ1) is 4.68. The Balaban J connectivity index is 3.49. The topological polar surface area (TPSA) is 41.5 Å². The number of hydrogen-bond acceptors (Lipinski definition) is 2. The lowest BCUT2D eigenvalue weighted by Gasteiger charge is -2.00. The molecular formula is C7H14N2O. The monoisotopic (exact) mass is 142 g/mol. The Hall–Kier alpha value is -0.860. The number of carbonyl (C=O) groups excluding carboxylic acids is 1. The van der Waals surface area contributed by atoms with E-state index in [1.54, 1.807) is 6.21 Å². The molecule has 0 aliphatic heterocycles. The first-order valence-electron chi connectivity index (χ1n) is 3.49. The average molecular weight is 142 g/mol. The van der Waals surface area contributed by atoms with Crippen LogP contribution in [0.3, 0.4) is 0 Å². The van der Waals surface area contributed by atoms with E-state index >= 15 is 0 Å². The van der Waals surface area contributed by atoms with Crippen LogP contribution in [0.5, 0.6) is 0 Å². The molecule has 1 N–H and O–H groups in total. The van der Waals surface area contributed by atoms with E-state index in [1.807, 2.05) is 20.8 Å². The van der Waals surface area contributed by atoms with E-state index in [-0.39, 0.29) is 11.8 Å². The summed E-state index contributed by atoms with van der Waals surface area (Å²) in [5, 5.41) is 3.69. The van der Waals surface area contributed by atoms with Crippen LogP contribution in [0.2, 0.25) is 0 Å². The maximum Gasteiger partial charge on any atom is 0.242 e. The van der Waals surface area contributed by atoms with Crippen molar-refractivity contribution in [1.82, 2.24) is 5.43 Å². The largest absolute Gasteiger partial charge is 0.273 e. The molecule has 0 aliphatic rings. The van der Waals surface area contributed by atoms with Crippen LogP contribution in [-0.4, -0.2) is 12.1 Å². The molecule has 0 heterocycles. The van der Waals surface area contributed by atoms with Crippen molar-refractivity contribution in [2.75, 3.05) is 0 Å². The van der Waals surface area contributed by atoms with Gasteiger partial charge in [-0.2, -0.15) is 5.10 Å². The molecule has 58 valence electrons. The van der Waals surface area contributed by atoms with Gasteiger partial charge in [-0.1, -0.05) is 20.8 Å². The average Bonchev–Trinajstić information content (AvgIpc) is 1.88. The fourth-order valence-corrected chi connectivity index (χ4v) is 0.330. The van der Waals surface area contributed by atoms with Crippen LogP contribution >= 0.6 is 0 Å². The van der Waals surface area contributed by atoms with Gasteiger partial charge in [-0.3, -0.25) is 4.79 Å². The van der Waals surface area contributed by atoms with Gasteiger partial charge in [-0.25, -0.2) is 5.43 Å². The second-order valence-corrected chi connectivity index (χ2v) is 2.35. The van der Waals surface area contributed by atoms with Crippen molar-refractivity contribution in [2.45, 2.75) is 27.2 Å². The molecule has 3 heteroatoms. The second kappa shape index (κ2) is 4.97. The van der Waals surface area contributed by atoms with Crippen LogP contribution in [0.15, 0.2) is 5.10 Å². The van der Waals surface area contributed by atoms with Crippen molar-refractivity contribution in [3.05, 3.63) is 0 Å². The van der Waals surface area contributed by atoms with E-state index in [9.17, 15) is 4.79 Å². The molecular weight excluding hydrogens is 128 g/mol. The van der Waals surface area contributed by atoms with Gasteiger partial charge in [-0.15, -0.1) is 0 Å². The molecule has 10 heavy (non-hydrogen) atoms. The van der Waals surface area contributed by atoms with E-state index in [0.29, 0.717) is 0 Å². The highest BCUT2D eigenvalue weighted by Gasteiger charge is 2.02. The summed E-state index contributed by atoms with van der Waals surface area (Å²) in [4.78, 5) is 10.8. The molecule has 0 aromatic carbocycles. The highest BCUT2D eigenvalue weighted by Crippen LogP contribution is 1.89. The lowest BCUT2D eigenvalue weighted by Crippen LogP contribution is -2.22. The zero-order chi connectivity index (χ0) is 7.98. The van der Waals surface area contributed by atoms with Gasteiger partial charge < -0.3 is 0 Å². The van der Waals surface area contributed by atoms with Gasteiger partial charge in [0.15, 0.2) is 0 Å². The lowest BCUT2D eigenvalue weighted by molar-refractivity contribution is -0.123. The van der Waals surface area contributed by atoms with Crippen LogP contribution in [0.1, 0.15) is 27.2 Å². The lowest BCUT2D eigenvalue weighted by atomic mass is 10.2. The molecule has 0 aromatic heterocycles. The molecule has 0 radical (unpaired) electrons. The van der Waals surface area contributed by atoms with E-state index < -0.39 is 0 Å². The summed E-state index contributed by atoms with van der Waals surface area (Å²) < 4.78 is 0. The van der Waals surface area contributed by atoms with Gasteiger partial charge in [0, 0.05) is 12.1 Å². The molecule has 0 saturated heterocycles. The summed E-state index contributed by atoms with van der Waals surface area (Å²) >= 11 is 0. The number of hydrazone groups is 1. The fraction of sp³-hybridized carbons (Fsp3) is 0.714. The molecule has 0 saturated carbocycles. The Bertz CT molecular complexity index is 130. The standard InChI is InChI=1S/C7H14N2O/c1-4-5-8-9-7(10)6(2)3/h5-6H,4H2,1-3H3,(H,9,10). The first-order valence-corrected chi connectivity index (χ1v) is 3.49. The number of amides is 1. The molecule has 1 amide bonds. The molecule has 0 spiro atoms. The third-order valence-electron chi connectivity index (χ3n) is 0.973. The quantitative estimate of drug-likeness (QED) is 0.466. The van der Waals surface area contributed by atoms with Crippen LogP contribution in [0, 0.1) is 5.92 Å². The summed E-state index contributed by atoms with van der Waals surface area (Å²) in [6, 6.07) is 0. The maximum atomic E-state index is 10.8. The Morgan fingerprint density at radius 3 is 2.70 bits per heavy atom. The summed E-state index contributed by atoms with van der Waals surface area (Å²) in [6.07, 6.45) is 2.51. The minimum atomic E-state index is -0.0373. The van der Waals surface area contributed by atoms with E-state index in [1.165, 1.54) is 0 Å².